The Morgan fingerprint density at radius 1 is 1.36 bits per heavy atom. The van der Waals surface area contributed by atoms with Crippen molar-refractivity contribution in [2.75, 3.05) is 18.8 Å². The number of nitrogens with one attached hydrogen (secondary N) is 2. The number of rotatable bonds is 4. The molecule has 0 spiro atoms. The zero-order chi connectivity index (χ0) is 10.7. The smallest absolute Gasteiger partial charge is 0.212 e. The molecule has 0 radical (unpaired) electrons. The topological polar surface area (TPSA) is 58.2 Å². The molecule has 1 saturated heterocycles. The van der Waals surface area contributed by atoms with Crippen molar-refractivity contribution >= 4 is 10.0 Å². The van der Waals surface area contributed by atoms with E-state index in [4.69, 9.17) is 0 Å². The Morgan fingerprint density at radius 2 is 1.93 bits per heavy atom. The molecule has 1 heterocycles. The molecule has 0 aromatic carbocycles. The molecule has 2 N–H and O–H groups in total. The summed E-state index contributed by atoms with van der Waals surface area (Å²) in [6.45, 7) is 5.65. The van der Waals surface area contributed by atoms with Gasteiger partial charge in [-0.05, 0) is 39.3 Å². The SMILES string of the molecule is CCCS(=O)(=O)NC1(C)CCNCC1. The van der Waals surface area contributed by atoms with Crippen molar-refractivity contribution in [3.63, 3.8) is 0 Å². The van der Waals surface area contributed by atoms with Gasteiger partial charge in [0, 0.05) is 5.54 Å². The van der Waals surface area contributed by atoms with Crippen LogP contribution in [-0.4, -0.2) is 32.8 Å². The van der Waals surface area contributed by atoms with E-state index >= 15 is 0 Å². The predicted octanol–water partition coefficient (Wildman–Crippen LogP) is 0.458. The zero-order valence-electron chi connectivity index (χ0n) is 8.97. The molecule has 5 heteroatoms. The lowest BCUT2D eigenvalue weighted by atomic mass is 9.92. The van der Waals surface area contributed by atoms with Crippen molar-refractivity contribution in [1.82, 2.24) is 10.0 Å². The number of piperidine rings is 1. The van der Waals surface area contributed by atoms with Crippen LogP contribution in [0, 0.1) is 0 Å². The van der Waals surface area contributed by atoms with Gasteiger partial charge in [0.1, 0.15) is 0 Å². The minimum absolute atomic E-state index is 0.232. The van der Waals surface area contributed by atoms with E-state index in [1.165, 1.54) is 0 Å². The largest absolute Gasteiger partial charge is 0.317 e. The highest BCUT2D eigenvalue weighted by molar-refractivity contribution is 7.89. The highest BCUT2D eigenvalue weighted by Gasteiger charge is 2.30. The summed E-state index contributed by atoms with van der Waals surface area (Å²) < 4.78 is 25.9. The van der Waals surface area contributed by atoms with Gasteiger partial charge >= 0.3 is 0 Å². The van der Waals surface area contributed by atoms with Crippen LogP contribution >= 0.6 is 0 Å². The summed E-state index contributed by atoms with van der Waals surface area (Å²) in [7, 11) is -3.07. The maximum Gasteiger partial charge on any atom is 0.212 e. The number of hydrogen-bond donors (Lipinski definition) is 2. The standard InChI is InChI=1S/C9H20N2O2S/c1-3-8-14(12,13)11-9(2)4-6-10-7-5-9/h10-11H,3-8H2,1-2H3. The maximum atomic E-state index is 11.6. The summed E-state index contributed by atoms with van der Waals surface area (Å²) in [5.74, 6) is 0.232. The molecule has 0 bridgehead atoms. The van der Waals surface area contributed by atoms with Gasteiger partial charge in [-0.2, -0.15) is 0 Å². The fourth-order valence-electron chi connectivity index (χ4n) is 1.78. The first-order valence-electron chi connectivity index (χ1n) is 5.20. The van der Waals surface area contributed by atoms with Crippen molar-refractivity contribution in [3.8, 4) is 0 Å². The summed E-state index contributed by atoms with van der Waals surface area (Å²) in [6, 6.07) is 0. The van der Waals surface area contributed by atoms with Crippen LogP contribution in [0.2, 0.25) is 0 Å². The molecule has 14 heavy (non-hydrogen) atoms. The van der Waals surface area contributed by atoms with Crippen LogP contribution in [0.15, 0.2) is 0 Å². The van der Waals surface area contributed by atoms with Gasteiger partial charge in [0.25, 0.3) is 0 Å². The minimum Gasteiger partial charge on any atom is -0.317 e. The van der Waals surface area contributed by atoms with Crippen molar-refractivity contribution in [2.45, 2.75) is 38.6 Å². The fraction of sp³-hybridized carbons (Fsp3) is 1.00. The van der Waals surface area contributed by atoms with E-state index in [0.29, 0.717) is 6.42 Å². The van der Waals surface area contributed by atoms with Crippen LogP contribution in [-0.2, 0) is 10.0 Å². The van der Waals surface area contributed by atoms with E-state index in [-0.39, 0.29) is 11.3 Å². The molecule has 0 amide bonds. The van der Waals surface area contributed by atoms with Gasteiger partial charge in [-0.15, -0.1) is 0 Å². The predicted molar refractivity (Wildman–Crippen MR) is 57.7 cm³/mol. The molecule has 4 nitrogen and oxygen atoms in total. The molecular weight excluding hydrogens is 200 g/mol. The molecule has 0 atom stereocenters. The minimum atomic E-state index is -3.07. The van der Waals surface area contributed by atoms with E-state index in [0.717, 1.165) is 25.9 Å². The third-order valence-corrected chi connectivity index (χ3v) is 4.33. The van der Waals surface area contributed by atoms with Gasteiger partial charge in [0.15, 0.2) is 0 Å². The summed E-state index contributed by atoms with van der Waals surface area (Å²) >= 11 is 0. The van der Waals surface area contributed by atoms with Crippen molar-refractivity contribution in [1.29, 1.82) is 0 Å². The summed E-state index contributed by atoms with van der Waals surface area (Å²) in [5, 5.41) is 3.22. The molecule has 0 aliphatic carbocycles. The monoisotopic (exact) mass is 220 g/mol. The third kappa shape index (κ3) is 3.55. The molecule has 0 unspecified atom stereocenters. The lowest BCUT2D eigenvalue weighted by Gasteiger charge is -2.34. The first-order valence-corrected chi connectivity index (χ1v) is 6.85. The van der Waals surface area contributed by atoms with Crippen LogP contribution in [0.3, 0.4) is 0 Å². The maximum absolute atomic E-state index is 11.6. The van der Waals surface area contributed by atoms with Crippen LogP contribution in [0.5, 0.6) is 0 Å². The van der Waals surface area contributed by atoms with Crippen LogP contribution in [0.4, 0.5) is 0 Å². The second-order valence-electron chi connectivity index (χ2n) is 4.23. The first-order chi connectivity index (χ1) is 6.47. The molecule has 0 aromatic heterocycles. The number of hydrogen-bond acceptors (Lipinski definition) is 3. The summed E-state index contributed by atoms with van der Waals surface area (Å²) in [4.78, 5) is 0. The second-order valence-corrected chi connectivity index (χ2v) is 6.07. The van der Waals surface area contributed by atoms with E-state index in [2.05, 4.69) is 10.0 Å². The van der Waals surface area contributed by atoms with Gasteiger partial charge in [-0.1, -0.05) is 6.92 Å². The summed E-state index contributed by atoms with van der Waals surface area (Å²) in [5.41, 5.74) is -0.237. The Bertz CT molecular complexity index is 269. The molecule has 84 valence electrons. The van der Waals surface area contributed by atoms with Crippen molar-refractivity contribution < 1.29 is 8.42 Å². The average molecular weight is 220 g/mol. The Hall–Kier alpha value is -0.130. The molecule has 1 rings (SSSR count). The van der Waals surface area contributed by atoms with E-state index in [1.54, 1.807) is 0 Å². The van der Waals surface area contributed by atoms with Gasteiger partial charge < -0.3 is 5.32 Å². The Morgan fingerprint density at radius 3 is 2.43 bits per heavy atom. The highest BCUT2D eigenvalue weighted by atomic mass is 32.2. The molecule has 0 aromatic rings. The fourth-order valence-corrected chi connectivity index (χ4v) is 3.37. The van der Waals surface area contributed by atoms with E-state index in [1.807, 2.05) is 13.8 Å². The van der Waals surface area contributed by atoms with Gasteiger partial charge in [-0.25, -0.2) is 13.1 Å². The second kappa shape index (κ2) is 4.59. The van der Waals surface area contributed by atoms with Crippen LogP contribution in [0.25, 0.3) is 0 Å². The molecule has 1 aliphatic heterocycles. The molecular formula is C9H20N2O2S. The van der Waals surface area contributed by atoms with E-state index in [9.17, 15) is 8.42 Å². The lowest BCUT2D eigenvalue weighted by molar-refractivity contribution is 0.308. The Kier molecular flexibility index (Phi) is 3.92. The first kappa shape index (κ1) is 11.9. The van der Waals surface area contributed by atoms with E-state index < -0.39 is 10.0 Å². The Balaban J connectivity index is 2.57. The molecule has 1 fully saturated rings. The van der Waals surface area contributed by atoms with Gasteiger partial charge in [-0.3, -0.25) is 0 Å². The molecule has 0 saturated carbocycles. The van der Waals surface area contributed by atoms with Gasteiger partial charge in [0.2, 0.25) is 10.0 Å². The average Bonchev–Trinajstić information content (AvgIpc) is 2.02. The molecule has 1 aliphatic rings. The zero-order valence-corrected chi connectivity index (χ0v) is 9.78. The van der Waals surface area contributed by atoms with Gasteiger partial charge in [0.05, 0.1) is 5.75 Å². The highest BCUT2D eigenvalue weighted by Crippen LogP contribution is 2.18. The van der Waals surface area contributed by atoms with Crippen LogP contribution in [0.1, 0.15) is 33.1 Å². The number of sulfonamides is 1. The van der Waals surface area contributed by atoms with Crippen molar-refractivity contribution in [2.24, 2.45) is 0 Å². The van der Waals surface area contributed by atoms with Crippen molar-refractivity contribution in [3.05, 3.63) is 0 Å². The normalized spacial score (nSPS) is 22.1. The third-order valence-electron chi connectivity index (χ3n) is 2.58. The Labute approximate surface area is 86.5 Å². The quantitative estimate of drug-likeness (QED) is 0.723. The van der Waals surface area contributed by atoms with Crippen LogP contribution < -0.4 is 10.0 Å². The summed E-state index contributed by atoms with van der Waals surface area (Å²) in [6.07, 6.45) is 2.41. The lowest BCUT2D eigenvalue weighted by Crippen LogP contribution is -2.52.